The van der Waals surface area contributed by atoms with E-state index in [0.717, 1.165) is 40.6 Å². The topological polar surface area (TPSA) is 47.2 Å². The fraction of sp³-hybridized carbons (Fsp3) is 0.333. The van der Waals surface area contributed by atoms with Gasteiger partial charge in [0.1, 0.15) is 6.54 Å². The third kappa shape index (κ3) is 2.92. The lowest BCUT2D eigenvalue weighted by atomic mass is 9.83. The first-order valence-corrected chi connectivity index (χ1v) is 10.1. The molecule has 0 spiro atoms. The van der Waals surface area contributed by atoms with Gasteiger partial charge < -0.3 is 14.0 Å². The number of rotatable bonds is 2. The second-order valence-corrected chi connectivity index (χ2v) is 8.56. The summed E-state index contributed by atoms with van der Waals surface area (Å²) in [4.78, 5) is 27.2. The molecule has 5 nitrogen and oxygen atoms in total. The molecule has 6 heteroatoms. The van der Waals surface area contributed by atoms with Gasteiger partial charge in [-0.2, -0.15) is 0 Å². The number of amides is 1. The molecule has 0 aliphatic carbocycles. The number of carbonyl (C=O) groups excluding carboxylic acids is 1. The quantitative estimate of drug-likeness (QED) is 0.632. The Bertz CT molecular complexity index is 1100. The van der Waals surface area contributed by atoms with Gasteiger partial charge in [-0.15, -0.1) is 0 Å². The predicted octanol–water partition coefficient (Wildman–Crippen LogP) is 3.21. The number of halogens is 1. The normalized spacial score (nSPS) is 21.3. The van der Waals surface area contributed by atoms with Crippen molar-refractivity contribution in [2.45, 2.75) is 25.4 Å². The maximum atomic E-state index is 13.0. The molecular weight excluding hydrogens is 406 g/mol. The smallest absolute Gasteiger partial charge is 0.250 e. The lowest BCUT2D eigenvalue weighted by molar-refractivity contribution is -0.134. The molecule has 138 valence electrons. The van der Waals surface area contributed by atoms with Crippen LogP contribution in [0.3, 0.4) is 0 Å². The maximum Gasteiger partial charge on any atom is 0.250 e. The first-order chi connectivity index (χ1) is 13.1. The van der Waals surface area contributed by atoms with E-state index in [1.165, 1.54) is 0 Å². The molecule has 0 radical (unpaired) electrons. The molecule has 2 aliphatic heterocycles. The van der Waals surface area contributed by atoms with Crippen LogP contribution in [0.4, 0.5) is 0 Å². The number of likely N-dealkylation sites (tertiary alicyclic amines) is 1. The fourth-order valence-corrected chi connectivity index (χ4v) is 5.03. The van der Waals surface area contributed by atoms with E-state index < -0.39 is 0 Å². The fourth-order valence-electron chi connectivity index (χ4n) is 4.65. The van der Waals surface area contributed by atoms with Crippen LogP contribution >= 0.6 is 15.9 Å². The Balaban J connectivity index is 1.38. The third-order valence-corrected chi connectivity index (χ3v) is 6.36. The van der Waals surface area contributed by atoms with Gasteiger partial charge in [0, 0.05) is 58.9 Å². The first kappa shape index (κ1) is 16.8. The summed E-state index contributed by atoms with van der Waals surface area (Å²) in [5, 5.41) is 1.13. The van der Waals surface area contributed by atoms with Crippen LogP contribution in [0.1, 0.15) is 18.0 Å². The van der Waals surface area contributed by atoms with Crippen LogP contribution in [0.5, 0.6) is 0 Å². The number of fused-ring (bicyclic) bond motifs is 5. The summed E-state index contributed by atoms with van der Waals surface area (Å²) in [5.74, 6) is 0.766. The Kier molecular flexibility index (Phi) is 3.97. The van der Waals surface area contributed by atoms with Crippen LogP contribution in [0.2, 0.25) is 0 Å². The highest BCUT2D eigenvalue weighted by molar-refractivity contribution is 9.10. The molecule has 1 fully saturated rings. The summed E-state index contributed by atoms with van der Waals surface area (Å²) in [5.41, 5.74) is 2.22. The first-order valence-electron chi connectivity index (χ1n) is 9.30. The van der Waals surface area contributed by atoms with E-state index in [2.05, 4.69) is 22.0 Å². The minimum absolute atomic E-state index is 0.0759. The summed E-state index contributed by atoms with van der Waals surface area (Å²) in [6.45, 7) is 2.51. The zero-order valence-electron chi connectivity index (χ0n) is 14.8. The highest BCUT2D eigenvalue weighted by Gasteiger charge is 2.36. The Morgan fingerprint density at radius 3 is 2.89 bits per heavy atom. The molecule has 2 bridgehead atoms. The summed E-state index contributed by atoms with van der Waals surface area (Å²) in [7, 11) is 0. The van der Waals surface area contributed by atoms with Crippen molar-refractivity contribution in [2.75, 3.05) is 13.1 Å². The van der Waals surface area contributed by atoms with Crippen molar-refractivity contribution in [2.24, 2.45) is 5.92 Å². The van der Waals surface area contributed by atoms with Crippen LogP contribution in [-0.4, -0.2) is 33.0 Å². The van der Waals surface area contributed by atoms with E-state index >= 15 is 0 Å². The van der Waals surface area contributed by atoms with Gasteiger partial charge >= 0.3 is 0 Å². The van der Waals surface area contributed by atoms with Gasteiger partial charge in [0.2, 0.25) is 5.91 Å². The highest BCUT2D eigenvalue weighted by Crippen LogP contribution is 2.35. The number of pyridine rings is 1. The minimum atomic E-state index is 0.0759. The zero-order valence-corrected chi connectivity index (χ0v) is 16.4. The van der Waals surface area contributed by atoms with Crippen molar-refractivity contribution in [3.8, 4) is 0 Å². The predicted molar refractivity (Wildman–Crippen MR) is 108 cm³/mol. The van der Waals surface area contributed by atoms with Crippen molar-refractivity contribution < 1.29 is 4.79 Å². The molecule has 1 aromatic carbocycles. The van der Waals surface area contributed by atoms with E-state index in [1.807, 2.05) is 50.6 Å². The van der Waals surface area contributed by atoms with Gasteiger partial charge in [-0.3, -0.25) is 9.59 Å². The van der Waals surface area contributed by atoms with Crippen LogP contribution < -0.4 is 5.56 Å². The number of carbonyl (C=O) groups is 1. The minimum Gasteiger partial charge on any atom is -0.340 e. The number of hydrogen-bond donors (Lipinski definition) is 0. The molecule has 1 amide bonds. The average molecular weight is 426 g/mol. The summed E-state index contributed by atoms with van der Waals surface area (Å²) in [6.07, 6.45) is 3.04. The second kappa shape index (κ2) is 6.37. The molecule has 5 rings (SSSR count). The van der Waals surface area contributed by atoms with E-state index in [4.69, 9.17) is 0 Å². The van der Waals surface area contributed by atoms with Gasteiger partial charge in [0.15, 0.2) is 0 Å². The van der Waals surface area contributed by atoms with E-state index in [-0.39, 0.29) is 17.4 Å². The number of piperidine rings is 1. The molecular formula is C21H20BrN3O2. The standard InChI is InChI=1S/C21H20BrN3O2/c22-17-4-5-18-15(9-17)6-7-23(18)13-21(27)24-10-14-8-16(12-24)19-2-1-3-20(26)25(19)11-14/h1-7,9,14,16H,8,10-13H2/t14-,16-/m0/s1. The van der Waals surface area contributed by atoms with Crippen molar-refractivity contribution >= 4 is 32.7 Å². The summed E-state index contributed by atoms with van der Waals surface area (Å²) < 4.78 is 4.96. The molecule has 2 aliphatic rings. The van der Waals surface area contributed by atoms with Gasteiger partial charge in [0.25, 0.3) is 5.56 Å². The van der Waals surface area contributed by atoms with Crippen molar-refractivity contribution in [3.05, 3.63) is 69.2 Å². The molecule has 3 aromatic rings. The number of benzene rings is 1. The molecule has 2 atom stereocenters. The number of hydrogen-bond acceptors (Lipinski definition) is 2. The second-order valence-electron chi connectivity index (χ2n) is 7.64. The Hall–Kier alpha value is -2.34. The SMILES string of the molecule is O=C(Cn1ccc2cc(Br)ccc21)N1C[C@@H]2C[C@@H](C1)c1cccc(=O)n1C2. The Morgan fingerprint density at radius 2 is 2.00 bits per heavy atom. The highest BCUT2D eigenvalue weighted by atomic mass is 79.9. The molecule has 27 heavy (non-hydrogen) atoms. The Labute approximate surface area is 165 Å². The van der Waals surface area contributed by atoms with Crippen LogP contribution in [0.15, 0.2) is 57.9 Å². The van der Waals surface area contributed by atoms with Crippen molar-refractivity contribution in [1.82, 2.24) is 14.0 Å². The molecule has 0 unspecified atom stereocenters. The van der Waals surface area contributed by atoms with Crippen LogP contribution in [0.25, 0.3) is 10.9 Å². The zero-order chi connectivity index (χ0) is 18.5. The van der Waals surface area contributed by atoms with Crippen LogP contribution in [-0.2, 0) is 17.9 Å². The van der Waals surface area contributed by atoms with Gasteiger partial charge in [-0.25, -0.2) is 0 Å². The van der Waals surface area contributed by atoms with Crippen molar-refractivity contribution in [1.29, 1.82) is 0 Å². The lowest BCUT2D eigenvalue weighted by Crippen LogP contribution is -2.49. The summed E-state index contributed by atoms with van der Waals surface area (Å²) in [6, 6.07) is 13.6. The van der Waals surface area contributed by atoms with Gasteiger partial charge in [-0.1, -0.05) is 22.0 Å². The molecule has 2 aromatic heterocycles. The van der Waals surface area contributed by atoms with Crippen molar-refractivity contribution in [3.63, 3.8) is 0 Å². The molecule has 0 N–H and O–H groups in total. The number of aromatic nitrogens is 2. The van der Waals surface area contributed by atoms with Gasteiger partial charge in [-0.05, 0) is 42.7 Å². The molecule has 1 saturated heterocycles. The summed E-state index contributed by atoms with van der Waals surface area (Å²) >= 11 is 3.49. The number of nitrogens with zero attached hydrogens (tertiary/aromatic N) is 3. The van der Waals surface area contributed by atoms with E-state index in [1.54, 1.807) is 6.07 Å². The van der Waals surface area contributed by atoms with E-state index in [9.17, 15) is 9.59 Å². The average Bonchev–Trinajstić information content (AvgIpc) is 3.04. The lowest BCUT2D eigenvalue weighted by Gasteiger charge is -2.42. The van der Waals surface area contributed by atoms with E-state index in [0.29, 0.717) is 19.0 Å². The third-order valence-electron chi connectivity index (χ3n) is 5.87. The largest absolute Gasteiger partial charge is 0.340 e. The monoisotopic (exact) mass is 425 g/mol. The Morgan fingerprint density at radius 1 is 1.11 bits per heavy atom. The molecule has 4 heterocycles. The maximum absolute atomic E-state index is 13.0. The molecule has 0 saturated carbocycles. The van der Waals surface area contributed by atoms with Gasteiger partial charge in [0.05, 0.1) is 0 Å². The van der Waals surface area contributed by atoms with Crippen LogP contribution in [0, 0.1) is 5.92 Å².